The molecule has 2 N–H and O–H groups in total. The van der Waals surface area contributed by atoms with Gasteiger partial charge in [-0.1, -0.05) is 48.0 Å². The predicted octanol–water partition coefficient (Wildman–Crippen LogP) is 3.51. The average Bonchev–Trinajstić information content (AvgIpc) is 2.24. The van der Waals surface area contributed by atoms with Gasteiger partial charge in [-0.3, -0.25) is 4.90 Å². The maximum Gasteiger partial charge on any atom is 0.0329 e. The molecule has 0 fully saturated rings. The number of hydrogen-bond donors (Lipinski definition) is 1. The fraction of sp³-hybridized carbons (Fsp3) is 1.00. The summed E-state index contributed by atoms with van der Waals surface area (Å²) in [7, 11) is 0. The Bertz CT molecular complexity index is 173. The van der Waals surface area contributed by atoms with Crippen molar-refractivity contribution < 1.29 is 0 Å². The molecule has 0 heterocycles. The van der Waals surface area contributed by atoms with E-state index in [4.69, 9.17) is 5.73 Å². The van der Waals surface area contributed by atoms with Crippen LogP contribution in [-0.2, 0) is 0 Å². The molecule has 0 aromatic heterocycles. The van der Waals surface area contributed by atoms with Crippen LogP contribution in [0.25, 0.3) is 0 Å². The van der Waals surface area contributed by atoms with Crippen molar-refractivity contribution in [2.24, 2.45) is 17.6 Å². The number of nitrogens with two attached hydrogens (primary N) is 1. The van der Waals surface area contributed by atoms with Gasteiger partial charge in [-0.05, 0) is 24.7 Å². The molecule has 104 valence electrons. The highest BCUT2D eigenvalue weighted by molar-refractivity contribution is 4.91. The quantitative estimate of drug-likeness (QED) is 0.670. The van der Waals surface area contributed by atoms with Crippen LogP contribution in [0.15, 0.2) is 0 Å². The second kappa shape index (κ2) is 8.10. The van der Waals surface area contributed by atoms with Crippen LogP contribution in [0.4, 0.5) is 0 Å². The first-order chi connectivity index (χ1) is 7.91. The van der Waals surface area contributed by atoms with Crippen LogP contribution in [0.2, 0.25) is 0 Å². The average molecular weight is 242 g/mol. The molecule has 0 aliphatic rings. The predicted molar refractivity (Wildman–Crippen MR) is 78.2 cm³/mol. The molecule has 0 saturated heterocycles. The van der Waals surface area contributed by atoms with E-state index in [9.17, 15) is 0 Å². The molecule has 17 heavy (non-hydrogen) atoms. The van der Waals surface area contributed by atoms with Crippen molar-refractivity contribution in [2.45, 2.75) is 66.3 Å². The zero-order valence-corrected chi connectivity index (χ0v) is 12.9. The van der Waals surface area contributed by atoms with Gasteiger partial charge in [0.1, 0.15) is 0 Å². The third kappa shape index (κ3) is 5.39. The lowest BCUT2D eigenvalue weighted by Gasteiger charge is -2.45. The van der Waals surface area contributed by atoms with Crippen LogP contribution in [-0.4, -0.2) is 30.1 Å². The van der Waals surface area contributed by atoms with Crippen molar-refractivity contribution >= 4 is 0 Å². The van der Waals surface area contributed by atoms with E-state index in [-0.39, 0.29) is 5.54 Å². The first-order valence-corrected chi connectivity index (χ1v) is 7.37. The lowest BCUT2D eigenvalue weighted by molar-refractivity contribution is 0.0558. The molecule has 2 nitrogen and oxygen atoms in total. The largest absolute Gasteiger partial charge is 0.329 e. The minimum absolute atomic E-state index is 0.225. The monoisotopic (exact) mass is 242 g/mol. The molecule has 0 radical (unpaired) electrons. The SMILES string of the molecule is CCCC(CC)(CN)N(CC(C)C)CC(C)C. The fourth-order valence-electron chi connectivity index (χ4n) is 2.74. The van der Waals surface area contributed by atoms with E-state index in [2.05, 4.69) is 46.4 Å². The van der Waals surface area contributed by atoms with Crippen LogP contribution >= 0.6 is 0 Å². The van der Waals surface area contributed by atoms with Crippen LogP contribution < -0.4 is 5.73 Å². The second-order valence-corrected chi connectivity index (χ2v) is 6.22. The summed E-state index contributed by atoms with van der Waals surface area (Å²) >= 11 is 0. The lowest BCUT2D eigenvalue weighted by atomic mass is 9.87. The fourth-order valence-corrected chi connectivity index (χ4v) is 2.74. The second-order valence-electron chi connectivity index (χ2n) is 6.22. The number of rotatable bonds is 9. The van der Waals surface area contributed by atoms with E-state index in [1.165, 1.54) is 25.9 Å². The van der Waals surface area contributed by atoms with E-state index in [0.29, 0.717) is 11.8 Å². The van der Waals surface area contributed by atoms with Crippen molar-refractivity contribution in [1.29, 1.82) is 0 Å². The summed E-state index contributed by atoms with van der Waals surface area (Å²) in [5, 5.41) is 0. The summed E-state index contributed by atoms with van der Waals surface area (Å²) in [6.07, 6.45) is 3.61. The molecule has 0 bridgehead atoms. The van der Waals surface area contributed by atoms with Gasteiger partial charge < -0.3 is 5.73 Å². The first kappa shape index (κ1) is 16.9. The van der Waals surface area contributed by atoms with Crippen molar-refractivity contribution in [2.75, 3.05) is 19.6 Å². The number of hydrogen-bond acceptors (Lipinski definition) is 2. The summed E-state index contributed by atoms with van der Waals surface area (Å²) in [5.74, 6) is 1.42. The summed E-state index contributed by atoms with van der Waals surface area (Å²) in [5.41, 5.74) is 6.34. The molecule has 1 unspecified atom stereocenters. The van der Waals surface area contributed by atoms with Gasteiger partial charge in [0.2, 0.25) is 0 Å². The Labute approximate surface area is 109 Å². The smallest absolute Gasteiger partial charge is 0.0329 e. The zero-order valence-electron chi connectivity index (χ0n) is 12.9. The van der Waals surface area contributed by atoms with Gasteiger partial charge >= 0.3 is 0 Å². The molecule has 0 aliphatic carbocycles. The van der Waals surface area contributed by atoms with E-state index >= 15 is 0 Å². The minimum Gasteiger partial charge on any atom is -0.329 e. The van der Waals surface area contributed by atoms with Gasteiger partial charge in [0, 0.05) is 25.2 Å². The van der Waals surface area contributed by atoms with E-state index in [0.717, 1.165) is 13.0 Å². The summed E-state index contributed by atoms with van der Waals surface area (Å²) in [4.78, 5) is 2.66. The topological polar surface area (TPSA) is 29.3 Å². The van der Waals surface area contributed by atoms with Crippen molar-refractivity contribution in [3.05, 3.63) is 0 Å². The van der Waals surface area contributed by atoms with E-state index in [1.54, 1.807) is 0 Å². The van der Waals surface area contributed by atoms with E-state index < -0.39 is 0 Å². The van der Waals surface area contributed by atoms with Gasteiger partial charge in [-0.25, -0.2) is 0 Å². The Morgan fingerprint density at radius 3 is 1.71 bits per heavy atom. The molecule has 0 aromatic rings. The molecular weight excluding hydrogens is 208 g/mol. The third-order valence-corrected chi connectivity index (χ3v) is 3.60. The van der Waals surface area contributed by atoms with Crippen molar-refractivity contribution in [3.63, 3.8) is 0 Å². The van der Waals surface area contributed by atoms with Crippen LogP contribution in [0.5, 0.6) is 0 Å². The molecule has 1 atom stereocenters. The Hall–Kier alpha value is -0.0800. The Morgan fingerprint density at radius 1 is 1.00 bits per heavy atom. The molecular formula is C15H34N2. The molecule has 0 aliphatic heterocycles. The zero-order chi connectivity index (χ0) is 13.5. The van der Waals surface area contributed by atoms with Crippen LogP contribution in [0, 0.1) is 11.8 Å². The first-order valence-electron chi connectivity index (χ1n) is 7.37. The van der Waals surface area contributed by atoms with Gasteiger partial charge in [0.05, 0.1) is 0 Å². The molecule has 0 aromatic carbocycles. The molecule has 2 heteroatoms. The Morgan fingerprint density at radius 2 is 1.47 bits per heavy atom. The summed E-state index contributed by atoms with van der Waals surface area (Å²) < 4.78 is 0. The maximum atomic E-state index is 6.12. The maximum absolute atomic E-state index is 6.12. The van der Waals surface area contributed by atoms with Gasteiger partial charge in [0.25, 0.3) is 0 Å². The van der Waals surface area contributed by atoms with E-state index in [1.807, 2.05) is 0 Å². The summed E-state index contributed by atoms with van der Waals surface area (Å²) in [6, 6.07) is 0. The van der Waals surface area contributed by atoms with Gasteiger partial charge in [-0.15, -0.1) is 0 Å². The highest BCUT2D eigenvalue weighted by atomic mass is 15.2. The normalized spacial score (nSPS) is 15.9. The molecule has 0 amide bonds. The highest BCUT2D eigenvalue weighted by Crippen LogP contribution is 2.26. The highest BCUT2D eigenvalue weighted by Gasteiger charge is 2.33. The van der Waals surface area contributed by atoms with Crippen LogP contribution in [0.1, 0.15) is 60.8 Å². The summed E-state index contributed by atoms with van der Waals surface area (Å²) in [6.45, 7) is 16.9. The standard InChI is InChI=1S/C15H34N2/c1-7-9-15(8-2,12-16)17(10-13(3)4)11-14(5)6/h13-14H,7-12,16H2,1-6H3. The van der Waals surface area contributed by atoms with Crippen molar-refractivity contribution in [1.82, 2.24) is 4.90 Å². The van der Waals surface area contributed by atoms with Gasteiger partial charge in [-0.2, -0.15) is 0 Å². The third-order valence-electron chi connectivity index (χ3n) is 3.60. The van der Waals surface area contributed by atoms with Gasteiger partial charge in [0.15, 0.2) is 0 Å². The molecule has 0 saturated carbocycles. The lowest BCUT2D eigenvalue weighted by Crippen LogP contribution is -2.55. The molecule has 0 rings (SSSR count). The Balaban J connectivity index is 4.90. The van der Waals surface area contributed by atoms with Crippen molar-refractivity contribution in [3.8, 4) is 0 Å². The van der Waals surface area contributed by atoms with Crippen LogP contribution in [0.3, 0.4) is 0 Å². The number of nitrogens with zero attached hydrogens (tertiary/aromatic N) is 1. The minimum atomic E-state index is 0.225. The molecule has 0 spiro atoms. The Kier molecular flexibility index (Phi) is 8.06.